The number of nitrogens with zero attached hydrogens (tertiary/aromatic N) is 2. The Hall–Kier alpha value is -1.09. The van der Waals surface area contributed by atoms with Crippen molar-refractivity contribution in [3.05, 3.63) is 23.4 Å². The second kappa shape index (κ2) is 6.78. The number of aryl methyl sites for hydroxylation is 1. The first kappa shape index (κ1) is 16.3. The molecule has 1 aromatic heterocycles. The average molecular weight is 289 g/mol. The van der Waals surface area contributed by atoms with E-state index in [1.165, 1.54) is 23.5 Å². The molecular weight excluding hydrogens is 258 g/mol. The lowest BCUT2D eigenvalue weighted by Crippen LogP contribution is -2.35. The summed E-state index contributed by atoms with van der Waals surface area (Å²) in [6, 6.07) is 4.54. The molecule has 1 N–H and O–H groups in total. The Morgan fingerprint density at radius 2 is 2.10 bits per heavy atom. The Morgan fingerprint density at radius 1 is 1.33 bits per heavy atom. The molecular formula is C18H31N3. The van der Waals surface area contributed by atoms with Gasteiger partial charge in [0.05, 0.1) is 0 Å². The van der Waals surface area contributed by atoms with Gasteiger partial charge < -0.3 is 10.2 Å². The van der Waals surface area contributed by atoms with Crippen molar-refractivity contribution < 1.29 is 0 Å². The van der Waals surface area contributed by atoms with Gasteiger partial charge in [-0.25, -0.2) is 4.98 Å². The molecule has 21 heavy (non-hydrogen) atoms. The van der Waals surface area contributed by atoms with Crippen LogP contribution < -0.4 is 10.2 Å². The van der Waals surface area contributed by atoms with Gasteiger partial charge >= 0.3 is 0 Å². The highest BCUT2D eigenvalue weighted by Crippen LogP contribution is 2.24. The second-order valence-electron chi connectivity index (χ2n) is 7.52. The zero-order chi connectivity index (χ0) is 15.5. The number of aromatic nitrogens is 1. The summed E-state index contributed by atoms with van der Waals surface area (Å²) >= 11 is 0. The molecule has 0 bridgehead atoms. The molecule has 0 radical (unpaired) electrons. The van der Waals surface area contributed by atoms with Gasteiger partial charge in [0.25, 0.3) is 0 Å². The number of hydrogen-bond acceptors (Lipinski definition) is 3. The van der Waals surface area contributed by atoms with E-state index in [2.05, 4.69) is 57.0 Å². The van der Waals surface area contributed by atoms with Gasteiger partial charge in [-0.15, -0.1) is 0 Å². The minimum atomic E-state index is 0.149. The van der Waals surface area contributed by atoms with Gasteiger partial charge in [0.2, 0.25) is 0 Å². The first-order chi connectivity index (χ1) is 9.87. The number of nitrogens with one attached hydrogen (secondary N) is 1. The number of rotatable bonds is 5. The monoisotopic (exact) mass is 289 g/mol. The molecule has 1 aliphatic heterocycles. The third kappa shape index (κ3) is 4.99. The second-order valence-corrected chi connectivity index (χ2v) is 7.52. The maximum absolute atomic E-state index is 4.88. The van der Waals surface area contributed by atoms with E-state index in [4.69, 9.17) is 4.98 Å². The summed E-state index contributed by atoms with van der Waals surface area (Å²) in [4.78, 5) is 7.33. The minimum absolute atomic E-state index is 0.149. The van der Waals surface area contributed by atoms with Gasteiger partial charge in [-0.05, 0) is 57.2 Å². The van der Waals surface area contributed by atoms with Crippen LogP contribution in [-0.2, 0) is 13.0 Å². The molecule has 1 saturated heterocycles. The average Bonchev–Trinajstić information content (AvgIpc) is 2.83. The first-order valence-corrected chi connectivity index (χ1v) is 8.37. The molecule has 2 rings (SSSR count). The van der Waals surface area contributed by atoms with Crippen LogP contribution in [0.25, 0.3) is 0 Å². The van der Waals surface area contributed by atoms with Crippen LogP contribution in [0.5, 0.6) is 0 Å². The van der Waals surface area contributed by atoms with Crippen LogP contribution in [-0.4, -0.2) is 23.6 Å². The Bertz CT molecular complexity index is 462. The first-order valence-electron chi connectivity index (χ1n) is 8.37. The lowest BCUT2D eigenvalue weighted by Gasteiger charge is -2.23. The molecule has 118 valence electrons. The van der Waals surface area contributed by atoms with Crippen molar-refractivity contribution in [3.8, 4) is 0 Å². The van der Waals surface area contributed by atoms with Crippen molar-refractivity contribution in [3.63, 3.8) is 0 Å². The van der Waals surface area contributed by atoms with Crippen LogP contribution in [0.3, 0.4) is 0 Å². The SMILES string of the molecule is CCCc1cc(CNC(C)(C)C)cc(N2CCC(C)C2)n1. The molecule has 1 atom stereocenters. The van der Waals surface area contributed by atoms with Crippen molar-refractivity contribution in [1.82, 2.24) is 10.3 Å². The van der Waals surface area contributed by atoms with E-state index in [9.17, 15) is 0 Å². The van der Waals surface area contributed by atoms with Gasteiger partial charge in [0.15, 0.2) is 0 Å². The molecule has 0 amide bonds. The fraction of sp³-hybridized carbons (Fsp3) is 0.722. The highest BCUT2D eigenvalue weighted by Gasteiger charge is 2.20. The van der Waals surface area contributed by atoms with E-state index in [0.29, 0.717) is 0 Å². The lowest BCUT2D eigenvalue weighted by atomic mass is 10.1. The smallest absolute Gasteiger partial charge is 0.129 e. The summed E-state index contributed by atoms with van der Waals surface area (Å²) in [5.41, 5.74) is 2.74. The quantitative estimate of drug-likeness (QED) is 0.894. The molecule has 2 heterocycles. The minimum Gasteiger partial charge on any atom is -0.356 e. The molecule has 1 aromatic rings. The fourth-order valence-electron chi connectivity index (χ4n) is 2.79. The molecule has 3 heteroatoms. The van der Waals surface area contributed by atoms with Crippen molar-refractivity contribution in [2.75, 3.05) is 18.0 Å². The highest BCUT2D eigenvalue weighted by molar-refractivity contribution is 5.44. The zero-order valence-electron chi connectivity index (χ0n) is 14.4. The Balaban J connectivity index is 2.17. The van der Waals surface area contributed by atoms with Gasteiger partial charge in [0.1, 0.15) is 5.82 Å². The van der Waals surface area contributed by atoms with Crippen LogP contribution in [0.15, 0.2) is 12.1 Å². The van der Waals surface area contributed by atoms with Crippen molar-refractivity contribution in [1.29, 1.82) is 0 Å². The molecule has 1 aliphatic rings. The maximum Gasteiger partial charge on any atom is 0.129 e. The molecule has 0 aliphatic carbocycles. The normalized spacial score (nSPS) is 19.3. The third-order valence-corrected chi connectivity index (χ3v) is 4.00. The lowest BCUT2D eigenvalue weighted by molar-refractivity contribution is 0.424. The molecule has 0 spiro atoms. The van der Waals surface area contributed by atoms with E-state index in [1.54, 1.807) is 0 Å². The molecule has 0 aromatic carbocycles. The Kier molecular flexibility index (Phi) is 5.26. The standard InChI is InChI=1S/C18H31N3/c1-6-7-16-10-15(12-19-18(3,4)5)11-17(20-16)21-9-8-14(2)13-21/h10-11,14,19H,6-9,12-13H2,1-5H3. The topological polar surface area (TPSA) is 28.2 Å². The van der Waals surface area contributed by atoms with Gasteiger partial charge in [-0.3, -0.25) is 0 Å². The summed E-state index contributed by atoms with van der Waals surface area (Å²) in [5, 5.41) is 3.59. The van der Waals surface area contributed by atoms with E-state index in [1.807, 2.05) is 0 Å². The largest absolute Gasteiger partial charge is 0.356 e. The number of hydrogen-bond donors (Lipinski definition) is 1. The Morgan fingerprint density at radius 3 is 2.67 bits per heavy atom. The fourth-order valence-corrected chi connectivity index (χ4v) is 2.79. The molecule has 0 saturated carbocycles. The van der Waals surface area contributed by atoms with Crippen molar-refractivity contribution in [2.45, 2.75) is 66.0 Å². The molecule has 1 unspecified atom stereocenters. The summed E-state index contributed by atoms with van der Waals surface area (Å²) in [6.07, 6.45) is 3.51. The van der Waals surface area contributed by atoms with Crippen molar-refractivity contribution >= 4 is 5.82 Å². The van der Waals surface area contributed by atoms with Crippen LogP contribution in [0.4, 0.5) is 5.82 Å². The highest BCUT2D eigenvalue weighted by atomic mass is 15.2. The summed E-state index contributed by atoms with van der Waals surface area (Å²) in [6.45, 7) is 14.4. The molecule has 3 nitrogen and oxygen atoms in total. The number of pyridine rings is 1. The van der Waals surface area contributed by atoms with E-state index in [0.717, 1.165) is 38.4 Å². The van der Waals surface area contributed by atoms with Crippen molar-refractivity contribution in [2.24, 2.45) is 5.92 Å². The Labute approximate surface area is 130 Å². The molecule has 1 fully saturated rings. The number of anilines is 1. The third-order valence-electron chi connectivity index (χ3n) is 4.00. The summed E-state index contributed by atoms with van der Waals surface area (Å²) < 4.78 is 0. The zero-order valence-corrected chi connectivity index (χ0v) is 14.4. The van der Waals surface area contributed by atoms with Gasteiger partial charge in [-0.2, -0.15) is 0 Å². The van der Waals surface area contributed by atoms with Crippen LogP contribution in [0.1, 0.15) is 58.7 Å². The van der Waals surface area contributed by atoms with Crippen LogP contribution in [0.2, 0.25) is 0 Å². The predicted molar refractivity (Wildman–Crippen MR) is 90.8 cm³/mol. The maximum atomic E-state index is 4.88. The van der Waals surface area contributed by atoms with E-state index in [-0.39, 0.29) is 5.54 Å². The van der Waals surface area contributed by atoms with E-state index < -0.39 is 0 Å². The summed E-state index contributed by atoms with van der Waals surface area (Å²) in [7, 11) is 0. The predicted octanol–water partition coefficient (Wildman–Crippen LogP) is 3.77. The van der Waals surface area contributed by atoms with E-state index >= 15 is 0 Å². The van der Waals surface area contributed by atoms with Gasteiger partial charge in [0, 0.05) is 30.9 Å². The van der Waals surface area contributed by atoms with Crippen LogP contribution >= 0.6 is 0 Å². The van der Waals surface area contributed by atoms with Crippen LogP contribution in [0, 0.1) is 5.92 Å². The summed E-state index contributed by atoms with van der Waals surface area (Å²) in [5.74, 6) is 1.97. The van der Waals surface area contributed by atoms with Gasteiger partial charge in [-0.1, -0.05) is 20.3 Å².